The van der Waals surface area contributed by atoms with E-state index in [-0.39, 0.29) is 17.3 Å². The number of nitrogens with one attached hydrogen (secondary N) is 1. The Balaban J connectivity index is 1.93. The number of anilines is 2. The van der Waals surface area contributed by atoms with E-state index in [9.17, 15) is 9.18 Å². The number of nitrogen functional groups attached to an aromatic ring is 1. The molecule has 104 valence electrons. The van der Waals surface area contributed by atoms with Crippen molar-refractivity contribution in [2.45, 2.75) is 4.90 Å². The molecule has 3 nitrogen and oxygen atoms in total. The Kier molecular flexibility index (Phi) is 4.87. The Hall–Kier alpha value is -1.72. The fourth-order valence-corrected chi connectivity index (χ4v) is 2.56. The van der Waals surface area contributed by atoms with Crippen LogP contribution in [0.15, 0.2) is 47.4 Å². The van der Waals surface area contributed by atoms with Gasteiger partial charge in [0, 0.05) is 10.6 Å². The number of carbonyl (C=O) groups excluding carboxylic acids is 1. The van der Waals surface area contributed by atoms with Gasteiger partial charge in [-0.3, -0.25) is 4.79 Å². The zero-order chi connectivity index (χ0) is 14.5. The number of carbonyl (C=O) groups is 1. The lowest BCUT2D eigenvalue weighted by Crippen LogP contribution is -2.14. The van der Waals surface area contributed by atoms with Crippen LogP contribution in [0.4, 0.5) is 15.8 Å². The highest BCUT2D eigenvalue weighted by Gasteiger charge is 2.07. The van der Waals surface area contributed by atoms with Crippen LogP contribution in [0.5, 0.6) is 0 Å². The maximum absolute atomic E-state index is 13.0. The molecule has 0 aliphatic heterocycles. The summed E-state index contributed by atoms with van der Waals surface area (Å²) in [6.07, 6.45) is 0. The van der Waals surface area contributed by atoms with Crippen LogP contribution < -0.4 is 11.1 Å². The molecule has 0 aliphatic rings. The van der Waals surface area contributed by atoms with Gasteiger partial charge in [0.15, 0.2) is 0 Å². The zero-order valence-electron chi connectivity index (χ0n) is 10.4. The van der Waals surface area contributed by atoms with Crippen molar-refractivity contribution in [1.82, 2.24) is 0 Å². The van der Waals surface area contributed by atoms with E-state index in [0.717, 1.165) is 4.90 Å². The number of halogens is 2. The molecule has 0 spiro atoms. The van der Waals surface area contributed by atoms with E-state index in [4.69, 9.17) is 17.3 Å². The number of benzene rings is 2. The third-order valence-corrected chi connectivity index (χ3v) is 3.99. The molecule has 0 fully saturated rings. The maximum Gasteiger partial charge on any atom is 0.234 e. The van der Waals surface area contributed by atoms with Gasteiger partial charge in [0.05, 0.1) is 16.5 Å². The molecule has 0 saturated carbocycles. The summed E-state index contributed by atoms with van der Waals surface area (Å²) in [6, 6.07) is 11.3. The summed E-state index contributed by atoms with van der Waals surface area (Å²) in [4.78, 5) is 12.6. The molecule has 2 aromatic carbocycles. The van der Waals surface area contributed by atoms with Crippen LogP contribution in [0, 0.1) is 5.82 Å². The van der Waals surface area contributed by atoms with E-state index in [1.54, 1.807) is 6.07 Å². The second-order valence-electron chi connectivity index (χ2n) is 4.00. The molecular weight excluding hydrogens is 299 g/mol. The largest absolute Gasteiger partial charge is 0.396 e. The van der Waals surface area contributed by atoms with Crippen LogP contribution in [-0.4, -0.2) is 11.7 Å². The Labute approximate surface area is 125 Å². The van der Waals surface area contributed by atoms with Gasteiger partial charge in [-0.05, 0) is 30.3 Å². The van der Waals surface area contributed by atoms with Crippen molar-refractivity contribution in [2.24, 2.45) is 0 Å². The molecule has 0 heterocycles. The van der Waals surface area contributed by atoms with Crippen molar-refractivity contribution in [3.63, 3.8) is 0 Å². The van der Waals surface area contributed by atoms with Gasteiger partial charge in [-0.1, -0.05) is 23.7 Å². The minimum absolute atomic E-state index is 0.00144. The van der Waals surface area contributed by atoms with E-state index in [1.165, 1.54) is 30.0 Å². The fourth-order valence-electron chi connectivity index (χ4n) is 1.52. The van der Waals surface area contributed by atoms with Crippen LogP contribution in [0.2, 0.25) is 5.02 Å². The van der Waals surface area contributed by atoms with Gasteiger partial charge in [0.1, 0.15) is 5.82 Å². The van der Waals surface area contributed by atoms with Crippen molar-refractivity contribution in [3.8, 4) is 0 Å². The second kappa shape index (κ2) is 6.63. The van der Waals surface area contributed by atoms with Gasteiger partial charge in [0.25, 0.3) is 0 Å². The summed E-state index contributed by atoms with van der Waals surface area (Å²) in [5.41, 5.74) is 5.90. The highest BCUT2D eigenvalue weighted by atomic mass is 35.5. The maximum atomic E-state index is 13.0. The van der Waals surface area contributed by atoms with Crippen molar-refractivity contribution < 1.29 is 9.18 Å². The first-order chi connectivity index (χ1) is 9.56. The average molecular weight is 311 g/mol. The van der Waals surface area contributed by atoms with Gasteiger partial charge in [-0.15, -0.1) is 11.8 Å². The molecule has 0 radical (unpaired) electrons. The molecule has 2 rings (SSSR count). The van der Waals surface area contributed by atoms with Gasteiger partial charge >= 0.3 is 0 Å². The van der Waals surface area contributed by atoms with Crippen LogP contribution in [-0.2, 0) is 4.79 Å². The van der Waals surface area contributed by atoms with Gasteiger partial charge < -0.3 is 11.1 Å². The summed E-state index contributed by atoms with van der Waals surface area (Å²) in [5, 5.41) is 3.26. The molecule has 0 unspecified atom stereocenters. The number of amides is 1. The van der Waals surface area contributed by atoms with Crippen molar-refractivity contribution in [2.75, 3.05) is 16.8 Å². The number of thioether (sulfide) groups is 1. The minimum atomic E-state index is -0.506. The predicted molar refractivity (Wildman–Crippen MR) is 81.6 cm³/mol. The van der Waals surface area contributed by atoms with Crippen LogP contribution in [0.1, 0.15) is 0 Å². The SMILES string of the molecule is Nc1cc(NC(=O)CSc2ccccc2Cl)ccc1F. The third kappa shape index (κ3) is 3.88. The summed E-state index contributed by atoms with van der Waals surface area (Å²) >= 11 is 7.33. The van der Waals surface area contributed by atoms with E-state index in [0.29, 0.717) is 10.7 Å². The molecular formula is C14H12ClFN2OS. The normalized spacial score (nSPS) is 10.3. The molecule has 0 saturated heterocycles. The summed E-state index contributed by atoms with van der Waals surface area (Å²) in [6.45, 7) is 0. The smallest absolute Gasteiger partial charge is 0.234 e. The molecule has 6 heteroatoms. The van der Waals surface area contributed by atoms with Crippen molar-refractivity contribution in [1.29, 1.82) is 0 Å². The van der Waals surface area contributed by atoms with E-state index in [1.807, 2.05) is 18.2 Å². The van der Waals surface area contributed by atoms with Crippen LogP contribution in [0.3, 0.4) is 0 Å². The van der Waals surface area contributed by atoms with E-state index < -0.39 is 5.82 Å². The van der Waals surface area contributed by atoms with Gasteiger partial charge in [0.2, 0.25) is 5.91 Å². The lowest BCUT2D eigenvalue weighted by molar-refractivity contribution is -0.113. The first-order valence-corrected chi connectivity index (χ1v) is 7.15. The summed E-state index contributed by atoms with van der Waals surface area (Å²) in [7, 11) is 0. The molecule has 2 aromatic rings. The number of rotatable bonds is 4. The molecule has 0 atom stereocenters. The predicted octanol–water partition coefficient (Wildman–Crippen LogP) is 3.79. The quantitative estimate of drug-likeness (QED) is 0.667. The van der Waals surface area contributed by atoms with Crippen LogP contribution >= 0.6 is 23.4 Å². The van der Waals surface area contributed by atoms with Crippen LogP contribution in [0.25, 0.3) is 0 Å². The molecule has 20 heavy (non-hydrogen) atoms. The third-order valence-electron chi connectivity index (χ3n) is 2.48. The van der Waals surface area contributed by atoms with Crippen molar-refractivity contribution >= 4 is 40.6 Å². The monoisotopic (exact) mass is 310 g/mol. The summed E-state index contributed by atoms with van der Waals surface area (Å²) < 4.78 is 13.0. The number of nitrogens with two attached hydrogens (primary N) is 1. The van der Waals surface area contributed by atoms with Gasteiger partial charge in [-0.2, -0.15) is 0 Å². The number of hydrogen-bond acceptors (Lipinski definition) is 3. The number of hydrogen-bond donors (Lipinski definition) is 2. The van der Waals surface area contributed by atoms with Gasteiger partial charge in [-0.25, -0.2) is 4.39 Å². The molecule has 3 N–H and O–H groups in total. The van der Waals surface area contributed by atoms with E-state index in [2.05, 4.69) is 5.32 Å². The first kappa shape index (κ1) is 14.7. The minimum Gasteiger partial charge on any atom is -0.396 e. The molecule has 1 amide bonds. The highest BCUT2D eigenvalue weighted by molar-refractivity contribution is 8.00. The molecule has 0 aliphatic carbocycles. The lowest BCUT2D eigenvalue weighted by Gasteiger charge is -2.07. The first-order valence-electron chi connectivity index (χ1n) is 5.78. The molecule has 0 bridgehead atoms. The molecule has 0 aromatic heterocycles. The Morgan fingerprint density at radius 2 is 2.05 bits per heavy atom. The Bertz CT molecular complexity index is 636. The Morgan fingerprint density at radius 3 is 2.75 bits per heavy atom. The standard InChI is InChI=1S/C14H12ClFN2OS/c15-10-3-1-2-4-13(10)20-8-14(19)18-9-5-6-11(16)12(17)7-9/h1-7H,8,17H2,(H,18,19). The lowest BCUT2D eigenvalue weighted by atomic mass is 10.2. The second-order valence-corrected chi connectivity index (χ2v) is 5.43. The fraction of sp³-hybridized carbons (Fsp3) is 0.0714. The summed E-state index contributed by atoms with van der Waals surface area (Å²) in [5.74, 6) is -0.504. The average Bonchev–Trinajstić information content (AvgIpc) is 2.42. The highest BCUT2D eigenvalue weighted by Crippen LogP contribution is 2.26. The van der Waals surface area contributed by atoms with E-state index >= 15 is 0 Å². The van der Waals surface area contributed by atoms with Crippen molar-refractivity contribution in [3.05, 3.63) is 53.3 Å². The topological polar surface area (TPSA) is 55.1 Å². The zero-order valence-corrected chi connectivity index (χ0v) is 12.0. The Morgan fingerprint density at radius 1 is 1.30 bits per heavy atom.